The summed E-state index contributed by atoms with van der Waals surface area (Å²) < 4.78 is 12.0. The van der Waals surface area contributed by atoms with E-state index < -0.39 is 7.12 Å². The molecule has 0 aromatic carbocycles. The fraction of sp³-hybridized carbons (Fsp3) is 0.571. The number of aromatic nitrogens is 1. The van der Waals surface area contributed by atoms with Gasteiger partial charge in [-0.25, -0.2) is 4.98 Å². The first-order valence-electron chi connectivity index (χ1n) is 6.55. The van der Waals surface area contributed by atoms with Gasteiger partial charge in [0.2, 0.25) is 0 Å². The lowest BCUT2D eigenvalue weighted by molar-refractivity contribution is 0.00578. The van der Waals surface area contributed by atoms with Crippen molar-refractivity contribution in [3.8, 4) is 6.07 Å². The van der Waals surface area contributed by atoms with Crippen molar-refractivity contribution in [2.24, 2.45) is 0 Å². The van der Waals surface area contributed by atoms with E-state index in [4.69, 9.17) is 14.6 Å². The van der Waals surface area contributed by atoms with Gasteiger partial charge in [0.25, 0.3) is 0 Å². The average molecular weight is 258 g/mol. The van der Waals surface area contributed by atoms with Crippen molar-refractivity contribution >= 4 is 12.6 Å². The molecule has 1 fully saturated rings. The molecule has 0 atom stereocenters. The fourth-order valence-electron chi connectivity index (χ4n) is 2.06. The average Bonchev–Trinajstić information content (AvgIpc) is 2.57. The minimum atomic E-state index is -0.416. The molecule has 1 aliphatic rings. The van der Waals surface area contributed by atoms with E-state index in [1.165, 1.54) is 0 Å². The Bertz CT molecular complexity index is 519. The van der Waals surface area contributed by atoms with Crippen LogP contribution in [0.3, 0.4) is 0 Å². The molecule has 0 N–H and O–H groups in total. The minimum Gasteiger partial charge on any atom is -0.399 e. The van der Waals surface area contributed by atoms with Crippen LogP contribution in [-0.2, 0) is 15.7 Å². The number of nitriles is 1. The molecule has 0 aliphatic carbocycles. The summed E-state index contributed by atoms with van der Waals surface area (Å²) in [4.78, 5) is 4.12. The number of hydrogen-bond acceptors (Lipinski definition) is 4. The standard InChI is InChI=1S/C14H19BN2O2/c1-6-10-7-11(8-16)17-9-12(10)15-18-13(2,3)14(4,5)19-15/h7,9H,6H2,1-5H3. The van der Waals surface area contributed by atoms with Gasteiger partial charge in [-0.3, -0.25) is 0 Å². The predicted molar refractivity (Wildman–Crippen MR) is 74.0 cm³/mol. The van der Waals surface area contributed by atoms with E-state index in [1.54, 1.807) is 12.3 Å². The highest BCUT2D eigenvalue weighted by atomic mass is 16.7. The second kappa shape index (κ2) is 4.62. The van der Waals surface area contributed by atoms with Crippen LogP contribution in [0.2, 0.25) is 0 Å². The molecule has 0 spiro atoms. The van der Waals surface area contributed by atoms with Gasteiger partial charge in [0, 0.05) is 11.7 Å². The van der Waals surface area contributed by atoms with E-state index in [2.05, 4.69) is 11.1 Å². The molecule has 1 saturated heterocycles. The van der Waals surface area contributed by atoms with Crippen LogP contribution in [0.4, 0.5) is 0 Å². The maximum absolute atomic E-state index is 8.90. The second-order valence-electron chi connectivity index (χ2n) is 5.82. The summed E-state index contributed by atoms with van der Waals surface area (Å²) in [7, 11) is -0.416. The largest absolute Gasteiger partial charge is 0.496 e. The van der Waals surface area contributed by atoms with Gasteiger partial charge in [-0.2, -0.15) is 5.26 Å². The summed E-state index contributed by atoms with van der Waals surface area (Å²) in [5.41, 5.74) is 1.66. The van der Waals surface area contributed by atoms with Crippen LogP contribution in [0.1, 0.15) is 45.9 Å². The smallest absolute Gasteiger partial charge is 0.399 e. The van der Waals surface area contributed by atoms with E-state index in [0.717, 1.165) is 17.4 Å². The van der Waals surface area contributed by atoms with Gasteiger partial charge in [-0.15, -0.1) is 0 Å². The van der Waals surface area contributed by atoms with Crippen LogP contribution >= 0.6 is 0 Å². The predicted octanol–water partition coefficient (Wildman–Crippen LogP) is 1.81. The first-order valence-corrected chi connectivity index (χ1v) is 6.55. The number of aryl methyl sites for hydroxylation is 1. The first kappa shape index (κ1) is 14.0. The lowest BCUT2D eigenvalue weighted by Gasteiger charge is -2.32. The van der Waals surface area contributed by atoms with Crippen molar-refractivity contribution in [2.45, 2.75) is 52.2 Å². The van der Waals surface area contributed by atoms with E-state index in [1.807, 2.05) is 34.6 Å². The Morgan fingerprint density at radius 3 is 2.32 bits per heavy atom. The molecular formula is C14H19BN2O2. The molecule has 2 heterocycles. The summed E-state index contributed by atoms with van der Waals surface area (Å²) in [6.07, 6.45) is 2.51. The highest BCUT2D eigenvalue weighted by Crippen LogP contribution is 2.36. The van der Waals surface area contributed by atoms with Crippen molar-refractivity contribution in [3.63, 3.8) is 0 Å². The van der Waals surface area contributed by atoms with Crippen LogP contribution in [-0.4, -0.2) is 23.3 Å². The van der Waals surface area contributed by atoms with Gasteiger partial charge in [0.1, 0.15) is 11.8 Å². The zero-order valence-electron chi connectivity index (χ0n) is 12.2. The zero-order valence-corrected chi connectivity index (χ0v) is 12.2. The van der Waals surface area contributed by atoms with Gasteiger partial charge in [-0.1, -0.05) is 6.92 Å². The normalized spacial score (nSPS) is 20.3. The van der Waals surface area contributed by atoms with Crippen LogP contribution < -0.4 is 5.46 Å². The molecule has 0 radical (unpaired) electrons. The highest BCUT2D eigenvalue weighted by Gasteiger charge is 2.52. The molecule has 100 valence electrons. The van der Waals surface area contributed by atoms with Gasteiger partial charge in [0.15, 0.2) is 0 Å². The number of hydrogen-bond donors (Lipinski definition) is 0. The topological polar surface area (TPSA) is 55.1 Å². The lowest BCUT2D eigenvalue weighted by Crippen LogP contribution is -2.41. The first-order chi connectivity index (χ1) is 8.80. The molecule has 4 nitrogen and oxygen atoms in total. The van der Waals surface area contributed by atoms with E-state index in [-0.39, 0.29) is 11.2 Å². The lowest BCUT2D eigenvalue weighted by atomic mass is 9.76. The molecule has 2 rings (SSSR count). The summed E-state index contributed by atoms with van der Waals surface area (Å²) in [6, 6.07) is 3.87. The highest BCUT2D eigenvalue weighted by molar-refractivity contribution is 6.62. The maximum Gasteiger partial charge on any atom is 0.496 e. The Labute approximate surface area is 114 Å². The summed E-state index contributed by atoms with van der Waals surface area (Å²) in [5, 5.41) is 8.90. The molecule has 0 saturated carbocycles. The SMILES string of the molecule is CCc1cc(C#N)ncc1B1OC(C)(C)C(C)(C)O1. The van der Waals surface area contributed by atoms with Crippen molar-refractivity contribution in [2.75, 3.05) is 0 Å². The Hall–Kier alpha value is -1.38. The monoisotopic (exact) mass is 258 g/mol. The Balaban J connectivity index is 2.37. The summed E-state index contributed by atoms with van der Waals surface area (Å²) in [6.45, 7) is 10.1. The van der Waals surface area contributed by atoms with E-state index in [9.17, 15) is 0 Å². The third-order valence-electron chi connectivity index (χ3n) is 4.03. The zero-order chi connectivity index (χ0) is 14.3. The minimum absolute atomic E-state index is 0.365. The third kappa shape index (κ3) is 2.38. The Morgan fingerprint density at radius 2 is 1.84 bits per heavy atom. The Morgan fingerprint density at radius 1 is 1.26 bits per heavy atom. The number of pyridine rings is 1. The maximum atomic E-state index is 8.90. The summed E-state index contributed by atoms with van der Waals surface area (Å²) >= 11 is 0. The number of nitrogens with zero attached hydrogens (tertiary/aromatic N) is 2. The van der Waals surface area contributed by atoms with Crippen molar-refractivity contribution in [1.82, 2.24) is 4.98 Å². The molecule has 0 amide bonds. The number of rotatable bonds is 2. The van der Waals surface area contributed by atoms with Crippen LogP contribution in [0, 0.1) is 11.3 Å². The molecule has 1 aromatic heterocycles. The molecule has 19 heavy (non-hydrogen) atoms. The van der Waals surface area contributed by atoms with Crippen LogP contribution in [0.5, 0.6) is 0 Å². The molecule has 0 unspecified atom stereocenters. The van der Waals surface area contributed by atoms with Crippen molar-refractivity contribution in [3.05, 3.63) is 23.5 Å². The van der Waals surface area contributed by atoms with Gasteiger partial charge >= 0.3 is 7.12 Å². The van der Waals surface area contributed by atoms with E-state index >= 15 is 0 Å². The van der Waals surface area contributed by atoms with Crippen molar-refractivity contribution < 1.29 is 9.31 Å². The fourth-order valence-corrected chi connectivity index (χ4v) is 2.06. The third-order valence-corrected chi connectivity index (χ3v) is 4.03. The Kier molecular flexibility index (Phi) is 3.42. The van der Waals surface area contributed by atoms with Gasteiger partial charge < -0.3 is 9.31 Å². The molecule has 1 aromatic rings. The van der Waals surface area contributed by atoms with Crippen LogP contribution in [0.25, 0.3) is 0 Å². The van der Waals surface area contributed by atoms with Gasteiger partial charge in [-0.05, 0) is 45.7 Å². The summed E-state index contributed by atoms with van der Waals surface area (Å²) in [5.74, 6) is 0. The molecule has 0 bridgehead atoms. The molecule has 1 aliphatic heterocycles. The van der Waals surface area contributed by atoms with Crippen LogP contribution in [0.15, 0.2) is 12.3 Å². The van der Waals surface area contributed by atoms with Crippen molar-refractivity contribution in [1.29, 1.82) is 5.26 Å². The quantitative estimate of drug-likeness (QED) is 0.759. The van der Waals surface area contributed by atoms with E-state index in [0.29, 0.717) is 5.69 Å². The molecule has 5 heteroatoms. The molecular weight excluding hydrogens is 239 g/mol. The van der Waals surface area contributed by atoms with Gasteiger partial charge in [0.05, 0.1) is 11.2 Å². The second-order valence-corrected chi connectivity index (χ2v) is 5.82.